The Labute approximate surface area is 121 Å². The zero-order valence-electron chi connectivity index (χ0n) is 10.2. The minimum absolute atomic E-state index is 0.110. The molecule has 2 aromatic rings. The summed E-state index contributed by atoms with van der Waals surface area (Å²) in [7, 11) is 0. The highest BCUT2D eigenvalue weighted by molar-refractivity contribution is 9.10. The average Bonchev–Trinajstić information content (AvgIpc) is 2.36. The van der Waals surface area contributed by atoms with Crippen molar-refractivity contribution >= 4 is 21.6 Å². The van der Waals surface area contributed by atoms with Gasteiger partial charge in [0.15, 0.2) is 0 Å². The molecule has 4 nitrogen and oxygen atoms in total. The number of ether oxygens (including phenoxy) is 1. The Hall–Kier alpha value is -2.02. The SMILES string of the molecule is Cc1cc(Oc2ccc(F)cc2Br)c([N+](=O)[O-])cc1F. The summed E-state index contributed by atoms with van der Waals surface area (Å²) < 4.78 is 32.0. The molecule has 0 heterocycles. The fourth-order valence-electron chi connectivity index (χ4n) is 1.55. The summed E-state index contributed by atoms with van der Waals surface area (Å²) in [4.78, 5) is 10.2. The fraction of sp³-hybridized carbons (Fsp3) is 0.0769. The van der Waals surface area contributed by atoms with E-state index in [4.69, 9.17) is 4.74 Å². The number of benzene rings is 2. The fourth-order valence-corrected chi connectivity index (χ4v) is 1.98. The van der Waals surface area contributed by atoms with Crippen LogP contribution in [0.2, 0.25) is 0 Å². The summed E-state index contributed by atoms with van der Waals surface area (Å²) in [5.41, 5.74) is -0.284. The molecule has 104 valence electrons. The standard InChI is InChI=1S/C13H8BrF2NO3/c1-7-4-13(11(17(18)19)6-10(7)16)20-12-3-2-8(15)5-9(12)14/h2-6H,1H3. The number of nitrogens with zero attached hydrogens (tertiary/aromatic N) is 1. The van der Waals surface area contributed by atoms with Gasteiger partial charge in [-0.2, -0.15) is 0 Å². The minimum atomic E-state index is -0.741. The molecule has 0 aliphatic heterocycles. The molecule has 0 aromatic heterocycles. The Balaban J connectivity index is 2.47. The largest absolute Gasteiger partial charge is 0.449 e. The first-order valence-electron chi connectivity index (χ1n) is 5.46. The lowest BCUT2D eigenvalue weighted by molar-refractivity contribution is -0.385. The Morgan fingerprint density at radius 2 is 1.90 bits per heavy atom. The molecule has 0 aliphatic rings. The van der Waals surface area contributed by atoms with Crippen LogP contribution in [0.25, 0.3) is 0 Å². The van der Waals surface area contributed by atoms with E-state index in [0.717, 1.165) is 18.2 Å². The molecular weight excluding hydrogens is 336 g/mol. The molecule has 0 N–H and O–H groups in total. The number of rotatable bonds is 3. The van der Waals surface area contributed by atoms with Gasteiger partial charge in [0.1, 0.15) is 17.4 Å². The number of nitro groups is 1. The topological polar surface area (TPSA) is 52.4 Å². The van der Waals surface area contributed by atoms with Gasteiger partial charge in [-0.15, -0.1) is 0 Å². The van der Waals surface area contributed by atoms with Crippen molar-refractivity contribution < 1.29 is 18.4 Å². The van der Waals surface area contributed by atoms with Crippen molar-refractivity contribution in [1.82, 2.24) is 0 Å². The van der Waals surface area contributed by atoms with Gasteiger partial charge in [-0.25, -0.2) is 8.78 Å². The van der Waals surface area contributed by atoms with E-state index in [9.17, 15) is 18.9 Å². The molecule has 20 heavy (non-hydrogen) atoms. The molecule has 0 radical (unpaired) electrons. The van der Waals surface area contributed by atoms with Crippen LogP contribution in [0.1, 0.15) is 5.56 Å². The van der Waals surface area contributed by atoms with Gasteiger partial charge in [-0.05, 0) is 52.7 Å². The Kier molecular flexibility index (Phi) is 3.99. The van der Waals surface area contributed by atoms with Crippen LogP contribution in [0.4, 0.5) is 14.5 Å². The van der Waals surface area contributed by atoms with Gasteiger partial charge in [-0.3, -0.25) is 10.1 Å². The van der Waals surface area contributed by atoms with E-state index < -0.39 is 22.2 Å². The van der Waals surface area contributed by atoms with E-state index in [1.54, 1.807) is 0 Å². The lowest BCUT2D eigenvalue weighted by Gasteiger charge is -2.09. The monoisotopic (exact) mass is 343 g/mol. The van der Waals surface area contributed by atoms with Gasteiger partial charge in [0, 0.05) is 0 Å². The highest BCUT2D eigenvalue weighted by atomic mass is 79.9. The highest BCUT2D eigenvalue weighted by Gasteiger charge is 2.20. The third-order valence-electron chi connectivity index (χ3n) is 2.55. The molecular formula is C13H8BrF2NO3. The van der Waals surface area contributed by atoms with Crippen LogP contribution < -0.4 is 4.74 Å². The van der Waals surface area contributed by atoms with Crippen molar-refractivity contribution in [3.05, 3.63) is 62.1 Å². The molecule has 0 spiro atoms. The smallest absolute Gasteiger partial charge is 0.314 e. The normalized spacial score (nSPS) is 10.4. The zero-order chi connectivity index (χ0) is 14.9. The van der Waals surface area contributed by atoms with Gasteiger partial charge in [0.05, 0.1) is 15.5 Å². The first-order valence-corrected chi connectivity index (χ1v) is 6.25. The summed E-state index contributed by atoms with van der Waals surface area (Å²) in [5, 5.41) is 10.9. The second kappa shape index (κ2) is 5.54. The lowest BCUT2D eigenvalue weighted by Crippen LogP contribution is -1.97. The summed E-state index contributed by atoms with van der Waals surface area (Å²) >= 11 is 3.09. The molecule has 2 rings (SSSR count). The molecule has 0 fully saturated rings. The molecule has 0 bridgehead atoms. The number of nitro benzene ring substituents is 1. The molecule has 7 heteroatoms. The quantitative estimate of drug-likeness (QED) is 0.597. The van der Waals surface area contributed by atoms with E-state index in [-0.39, 0.29) is 17.1 Å². The van der Waals surface area contributed by atoms with E-state index >= 15 is 0 Å². The molecule has 0 amide bonds. The summed E-state index contributed by atoms with van der Waals surface area (Å²) in [6.07, 6.45) is 0. The van der Waals surface area contributed by atoms with E-state index in [1.165, 1.54) is 19.1 Å². The summed E-state index contributed by atoms with van der Waals surface area (Å²) in [5.74, 6) is -1.09. The van der Waals surface area contributed by atoms with Gasteiger partial charge < -0.3 is 4.74 Å². The Morgan fingerprint density at radius 1 is 1.20 bits per heavy atom. The van der Waals surface area contributed by atoms with Crippen molar-refractivity contribution in [1.29, 1.82) is 0 Å². The van der Waals surface area contributed by atoms with Crippen LogP contribution in [0.3, 0.4) is 0 Å². The average molecular weight is 344 g/mol. The number of hydrogen-bond acceptors (Lipinski definition) is 3. The highest BCUT2D eigenvalue weighted by Crippen LogP contribution is 2.36. The van der Waals surface area contributed by atoms with Crippen molar-refractivity contribution in [2.45, 2.75) is 6.92 Å². The molecule has 0 saturated carbocycles. The molecule has 0 atom stereocenters. The zero-order valence-corrected chi connectivity index (χ0v) is 11.8. The predicted octanol–water partition coefficient (Wildman–Crippen LogP) is 4.74. The predicted molar refractivity (Wildman–Crippen MR) is 72.0 cm³/mol. The molecule has 0 saturated heterocycles. The molecule has 2 aromatic carbocycles. The first kappa shape index (κ1) is 14.4. The maximum absolute atomic E-state index is 13.4. The summed E-state index contributed by atoms with van der Waals surface area (Å²) in [6, 6.07) is 5.66. The third kappa shape index (κ3) is 2.93. The van der Waals surface area contributed by atoms with Gasteiger partial charge in [0.25, 0.3) is 0 Å². The van der Waals surface area contributed by atoms with Crippen LogP contribution in [0.15, 0.2) is 34.8 Å². The second-order valence-electron chi connectivity index (χ2n) is 4.00. The second-order valence-corrected chi connectivity index (χ2v) is 4.86. The van der Waals surface area contributed by atoms with Gasteiger partial charge in [-0.1, -0.05) is 0 Å². The van der Waals surface area contributed by atoms with Crippen LogP contribution in [0, 0.1) is 28.7 Å². The van der Waals surface area contributed by atoms with Crippen molar-refractivity contribution in [2.75, 3.05) is 0 Å². The van der Waals surface area contributed by atoms with Crippen molar-refractivity contribution in [3.63, 3.8) is 0 Å². The van der Waals surface area contributed by atoms with Gasteiger partial charge in [0.2, 0.25) is 5.75 Å². The Morgan fingerprint density at radius 3 is 2.50 bits per heavy atom. The van der Waals surface area contributed by atoms with Gasteiger partial charge >= 0.3 is 5.69 Å². The van der Waals surface area contributed by atoms with Crippen molar-refractivity contribution in [2.24, 2.45) is 0 Å². The maximum atomic E-state index is 13.4. The maximum Gasteiger partial charge on any atom is 0.314 e. The van der Waals surface area contributed by atoms with E-state index in [2.05, 4.69) is 15.9 Å². The van der Waals surface area contributed by atoms with Crippen LogP contribution in [0.5, 0.6) is 11.5 Å². The first-order chi connectivity index (χ1) is 9.38. The Bertz CT molecular complexity index is 692. The number of halogens is 3. The van der Waals surface area contributed by atoms with Crippen LogP contribution in [-0.2, 0) is 0 Å². The van der Waals surface area contributed by atoms with Crippen LogP contribution >= 0.6 is 15.9 Å². The lowest BCUT2D eigenvalue weighted by atomic mass is 10.2. The molecule has 0 aliphatic carbocycles. The minimum Gasteiger partial charge on any atom is -0.449 e. The third-order valence-corrected chi connectivity index (χ3v) is 3.17. The van der Waals surface area contributed by atoms with E-state index in [0.29, 0.717) is 4.47 Å². The number of aryl methyl sites for hydroxylation is 1. The molecule has 0 unspecified atom stereocenters. The van der Waals surface area contributed by atoms with E-state index in [1.807, 2.05) is 0 Å². The summed E-state index contributed by atoms with van der Waals surface area (Å²) in [6.45, 7) is 1.46. The van der Waals surface area contributed by atoms with Crippen molar-refractivity contribution in [3.8, 4) is 11.5 Å². The van der Waals surface area contributed by atoms with Crippen LogP contribution in [-0.4, -0.2) is 4.92 Å². The number of hydrogen-bond donors (Lipinski definition) is 0.